The quantitative estimate of drug-likeness (QED) is 0.173. The molecule has 13 aromatic rings. The van der Waals surface area contributed by atoms with Crippen LogP contribution in [-0.4, -0.2) is 15.0 Å². The third-order valence-electron chi connectivity index (χ3n) is 13.7. The fourth-order valence-corrected chi connectivity index (χ4v) is 12.9. The predicted octanol–water partition coefficient (Wildman–Crippen LogP) is 17.1. The topological polar surface area (TPSA) is 51.8 Å². The minimum atomic E-state index is -0.118. The number of aromatic nitrogens is 3. The van der Waals surface area contributed by atoms with E-state index in [9.17, 15) is 0 Å². The maximum atomic E-state index is 6.64. The number of nitrogens with zero attached hydrogens (tertiary/aromatic N) is 3. The normalized spacial score (nSPS) is 13.1. The number of rotatable bonds is 5. The smallest absolute Gasteiger partial charge is 0.164 e. The number of benzene rings is 9. The molecule has 0 saturated carbocycles. The van der Waals surface area contributed by atoms with Crippen molar-refractivity contribution in [2.24, 2.45) is 0 Å². The molecule has 4 heterocycles. The highest BCUT2D eigenvalue weighted by molar-refractivity contribution is 7.26. The highest BCUT2D eigenvalue weighted by atomic mass is 32.1. The monoisotopic (exact) mass is 879 g/mol. The molecule has 0 unspecified atom stereocenters. The Morgan fingerprint density at radius 3 is 1.82 bits per heavy atom. The summed E-state index contributed by atoms with van der Waals surface area (Å²) in [7, 11) is 0. The van der Waals surface area contributed by atoms with Crippen molar-refractivity contribution in [3.05, 3.63) is 199 Å². The molecule has 0 N–H and O–H groups in total. The minimum absolute atomic E-state index is 0.118. The van der Waals surface area contributed by atoms with Crippen molar-refractivity contribution in [3.63, 3.8) is 0 Å². The van der Waals surface area contributed by atoms with Crippen LogP contribution in [0.25, 0.3) is 130 Å². The number of hydrogen-bond donors (Lipinski definition) is 0. The zero-order chi connectivity index (χ0) is 43.7. The van der Waals surface area contributed by atoms with E-state index in [0.717, 1.165) is 55.1 Å². The molecule has 9 aromatic carbocycles. The van der Waals surface area contributed by atoms with Gasteiger partial charge in [0.05, 0.1) is 0 Å². The van der Waals surface area contributed by atoms with Gasteiger partial charge in [0.15, 0.2) is 17.5 Å². The maximum Gasteiger partial charge on any atom is 0.164 e. The molecule has 1 aliphatic carbocycles. The first-order chi connectivity index (χ1) is 32.4. The highest BCUT2D eigenvalue weighted by Crippen LogP contribution is 2.52. The molecule has 0 radical (unpaired) electrons. The van der Waals surface area contributed by atoms with E-state index in [1.165, 1.54) is 68.3 Å². The first kappa shape index (κ1) is 37.6. The molecule has 0 aliphatic heterocycles. The van der Waals surface area contributed by atoms with Crippen molar-refractivity contribution < 1.29 is 4.42 Å². The molecule has 14 rings (SSSR count). The summed E-state index contributed by atoms with van der Waals surface area (Å²) in [5, 5.41) is 6.79. The molecule has 0 saturated heterocycles. The van der Waals surface area contributed by atoms with E-state index in [4.69, 9.17) is 19.4 Å². The number of furan rings is 1. The third-order valence-corrected chi connectivity index (χ3v) is 16.0. The average Bonchev–Trinajstić information content (AvgIpc) is 4.11. The molecule has 6 heteroatoms. The van der Waals surface area contributed by atoms with Crippen molar-refractivity contribution in [3.8, 4) is 67.5 Å². The number of thiophene rings is 2. The molecular formula is C60H37N3OS2. The second-order valence-electron chi connectivity index (χ2n) is 17.9. The predicted molar refractivity (Wildman–Crippen MR) is 278 cm³/mol. The van der Waals surface area contributed by atoms with Gasteiger partial charge < -0.3 is 4.42 Å². The molecule has 0 spiro atoms. The second-order valence-corrected chi connectivity index (χ2v) is 20.0. The molecule has 0 atom stereocenters. The molecule has 1 aliphatic rings. The summed E-state index contributed by atoms with van der Waals surface area (Å²) < 4.78 is 11.6. The lowest BCUT2D eigenvalue weighted by Crippen LogP contribution is -2.16. The number of hydrogen-bond acceptors (Lipinski definition) is 6. The average molecular weight is 880 g/mol. The van der Waals surface area contributed by atoms with Crippen molar-refractivity contribution in [2.75, 3.05) is 0 Å². The van der Waals surface area contributed by atoms with Crippen LogP contribution in [0.15, 0.2) is 192 Å². The van der Waals surface area contributed by atoms with E-state index >= 15 is 0 Å². The van der Waals surface area contributed by atoms with E-state index in [2.05, 4.69) is 190 Å². The Bertz CT molecular complexity index is 4170. The lowest BCUT2D eigenvalue weighted by atomic mass is 9.78. The van der Waals surface area contributed by atoms with Crippen LogP contribution in [-0.2, 0) is 5.41 Å². The van der Waals surface area contributed by atoms with Gasteiger partial charge in [-0.25, -0.2) is 15.0 Å². The van der Waals surface area contributed by atoms with Crippen LogP contribution >= 0.6 is 22.7 Å². The fourth-order valence-electron chi connectivity index (χ4n) is 10.7. The van der Waals surface area contributed by atoms with Gasteiger partial charge in [-0.2, -0.15) is 0 Å². The Hall–Kier alpha value is -7.77. The van der Waals surface area contributed by atoms with Crippen LogP contribution in [0.1, 0.15) is 25.0 Å². The standard InChI is InChI=1S/C60H37N3OS2/c1-60(2)47-22-6-3-15-39(47)41-19-10-18-38(56(41)60)36-14-9-13-34(31-36)35-27-29-48-46(32-35)54-43(20-11-23-49(54)64-48)58-61-57(37-28-30-52-45(33-37)40-16-4-7-24-50(40)65-52)62-59(63-58)44-21-12-26-53-55(44)42-17-5-8-25-51(42)66-53/h3-33H,1-2H3. The Morgan fingerprint density at radius 1 is 0.364 bits per heavy atom. The molecule has 0 bridgehead atoms. The summed E-state index contributed by atoms with van der Waals surface area (Å²) in [6.45, 7) is 4.71. The van der Waals surface area contributed by atoms with E-state index in [1.54, 1.807) is 11.3 Å². The van der Waals surface area contributed by atoms with Gasteiger partial charge in [-0.1, -0.05) is 141 Å². The van der Waals surface area contributed by atoms with Gasteiger partial charge in [0.25, 0.3) is 0 Å². The minimum Gasteiger partial charge on any atom is -0.456 e. The summed E-state index contributed by atoms with van der Waals surface area (Å²) >= 11 is 3.61. The van der Waals surface area contributed by atoms with E-state index in [-0.39, 0.29) is 5.41 Å². The Labute approximate surface area is 388 Å². The van der Waals surface area contributed by atoms with Crippen molar-refractivity contribution >= 4 is 85.0 Å². The lowest BCUT2D eigenvalue weighted by molar-refractivity contribution is 0.662. The Kier molecular flexibility index (Phi) is 8.04. The van der Waals surface area contributed by atoms with Crippen LogP contribution in [0.2, 0.25) is 0 Å². The van der Waals surface area contributed by atoms with Gasteiger partial charge in [0.1, 0.15) is 11.2 Å². The number of fused-ring (bicyclic) bond motifs is 12. The molecule has 66 heavy (non-hydrogen) atoms. The zero-order valence-corrected chi connectivity index (χ0v) is 37.6. The van der Waals surface area contributed by atoms with E-state index in [1.807, 2.05) is 23.5 Å². The summed E-state index contributed by atoms with van der Waals surface area (Å²) in [6, 6.07) is 67.6. The Balaban J connectivity index is 0.953. The lowest BCUT2D eigenvalue weighted by Gasteiger charge is -2.24. The van der Waals surface area contributed by atoms with Crippen LogP contribution in [0.5, 0.6) is 0 Å². The van der Waals surface area contributed by atoms with Crippen molar-refractivity contribution in [1.29, 1.82) is 0 Å². The summed E-state index contributed by atoms with van der Waals surface area (Å²) in [6.07, 6.45) is 0. The Morgan fingerprint density at radius 2 is 0.939 bits per heavy atom. The van der Waals surface area contributed by atoms with Gasteiger partial charge in [-0.3, -0.25) is 0 Å². The molecule has 310 valence electrons. The van der Waals surface area contributed by atoms with Crippen LogP contribution < -0.4 is 0 Å². The van der Waals surface area contributed by atoms with Gasteiger partial charge in [-0.15, -0.1) is 22.7 Å². The van der Waals surface area contributed by atoms with Crippen molar-refractivity contribution in [2.45, 2.75) is 19.3 Å². The molecular weight excluding hydrogens is 843 g/mol. The third kappa shape index (κ3) is 5.59. The summed E-state index contributed by atoms with van der Waals surface area (Å²) in [5.74, 6) is 1.87. The van der Waals surface area contributed by atoms with Gasteiger partial charge >= 0.3 is 0 Å². The molecule has 4 aromatic heterocycles. The zero-order valence-electron chi connectivity index (χ0n) is 36.0. The van der Waals surface area contributed by atoms with Crippen LogP contribution in [0, 0.1) is 0 Å². The fraction of sp³-hybridized carbons (Fsp3) is 0.0500. The molecule has 4 nitrogen and oxygen atoms in total. The first-order valence-electron chi connectivity index (χ1n) is 22.3. The maximum absolute atomic E-state index is 6.64. The summed E-state index contributed by atoms with van der Waals surface area (Å²) in [4.78, 5) is 16.1. The second kappa shape index (κ2) is 14.1. The van der Waals surface area contributed by atoms with Crippen LogP contribution in [0.3, 0.4) is 0 Å². The molecule has 0 fully saturated rings. The summed E-state index contributed by atoms with van der Waals surface area (Å²) in [5.41, 5.74) is 14.5. The van der Waals surface area contributed by atoms with Gasteiger partial charge in [-0.05, 0) is 105 Å². The largest absolute Gasteiger partial charge is 0.456 e. The molecule has 0 amide bonds. The van der Waals surface area contributed by atoms with Crippen molar-refractivity contribution in [1.82, 2.24) is 15.0 Å². The SMILES string of the molecule is CC1(C)c2ccccc2-c2cccc(-c3cccc(-c4ccc5oc6cccc(-c7nc(-c8ccc9sc%10ccccc%10c9c8)nc(-c8cccc9sc%10ccccc%10c89)n7)c6c5c4)c3)c21. The van der Waals surface area contributed by atoms with Gasteiger partial charge in [0, 0.05) is 73.2 Å². The van der Waals surface area contributed by atoms with E-state index in [0.29, 0.717) is 17.5 Å². The highest BCUT2D eigenvalue weighted by Gasteiger charge is 2.37. The van der Waals surface area contributed by atoms with E-state index < -0.39 is 0 Å². The van der Waals surface area contributed by atoms with Crippen LogP contribution in [0.4, 0.5) is 0 Å². The first-order valence-corrected chi connectivity index (χ1v) is 24.0. The van der Waals surface area contributed by atoms with Gasteiger partial charge in [0.2, 0.25) is 0 Å².